The fourth-order valence-corrected chi connectivity index (χ4v) is 3.71. The Labute approximate surface area is 146 Å². The van der Waals surface area contributed by atoms with Gasteiger partial charge in [0.2, 0.25) is 15.9 Å². The quantitative estimate of drug-likeness (QED) is 0.724. The maximum atomic E-state index is 12.6. The lowest BCUT2D eigenvalue weighted by molar-refractivity contribution is -0.133. The zero-order valence-corrected chi connectivity index (χ0v) is 14.6. The van der Waals surface area contributed by atoms with Gasteiger partial charge in [0.1, 0.15) is 4.90 Å². The summed E-state index contributed by atoms with van der Waals surface area (Å²) in [4.78, 5) is 18.4. The summed E-state index contributed by atoms with van der Waals surface area (Å²) in [5.41, 5.74) is 0.915. The third-order valence-corrected chi connectivity index (χ3v) is 5.39. The molecule has 9 nitrogen and oxygen atoms in total. The number of nitrogens with zero attached hydrogens (tertiary/aromatic N) is 4. The van der Waals surface area contributed by atoms with Crippen molar-refractivity contribution in [3.05, 3.63) is 42.5 Å². The number of amides is 1. The molecule has 2 aromatic heterocycles. The van der Waals surface area contributed by atoms with Gasteiger partial charge in [-0.1, -0.05) is 6.07 Å². The van der Waals surface area contributed by atoms with Gasteiger partial charge >= 0.3 is 0 Å². The molecular formula is C15H20N6O3S. The summed E-state index contributed by atoms with van der Waals surface area (Å²) >= 11 is 0. The maximum Gasteiger partial charge on any atom is 0.244 e. The van der Waals surface area contributed by atoms with Crippen LogP contribution in [0.5, 0.6) is 0 Å². The molecule has 0 aromatic carbocycles. The summed E-state index contributed by atoms with van der Waals surface area (Å²) in [6, 6.07) is 3.56. The van der Waals surface area contributed by atoms with Crippen molar-refractivity contribution in [3.63, 3.8) is 0 Å². The summed E-state index contributed by atoms with van der Waals surface area (Å²) < 4.78 is 28.2. The van der Waals surface area contributed by atoms with Crippen LogP contribution in [0.3, 0.4) is 0 Å². The molecule has 134 valence electrons. The summed E-state index contributed by atoms with van der Waals surface area (Å²) in [7, 11) is -2.14. The lowest BCUT2D eigenvalue weighted by atomic mass is 10.1. The molecule has 1 saturated heterocycles. The zero-order chi connectivity index (χ0) is 17.9. The summed E-state index contributed by atoms with van der Waals surface area (Å²) in [6.45, 7) is 1.48. The molecule has 0 bridgehead atoms. The Morgan fingerprint density at radius 3 is 2.96 bits per heavy atom. The highest BCUT2D eigenvalue weighted by Gasteiger charge is 2.29. The molecule has 1 unspecified atom stereocenters. The second-order valence-corrected chi connectivity index (χ2v) is 7.53. The van der Waals surface area contributed by atoms with E-state index < -0.39 is 10.0 Å². The minimum Gasteiger partial charge on any atom is -0.332 e. The van der Waals surface area contributed by atoms with Gasteiger partial charge in [0, 0.05) is 45.3 Å². The predicted octanol–water partition coefficient (Wildman–Crippen LogP) is -0.733. The Balaban J connectivity index is 1.69. The molecule has 25 heavy (non-hydrogen) atoms. The molecule has 1 amide bonds. The van der Waals surface area contributed by atoms with Gasteiger partial charge in [-0.2, -0.15) is 5.10 Å². The van der Waals surface area contributed by atoms with E-state index in [0.29, 0.717) is 19.6 Å². The van der Waals surface area contributed by atoms with Crippen LogP contribution in [-0.4, -0.2) is 60.2 Å². The maximum absolute atomic E-state index is 12.6. The SMILES string of the molecule is Cn1cc(S(=O)(=O)NCC(=O)N2CCNCC2c2cccnc2)cn1. The third kappa shape index (κ3) is 4.03. The molecule has 1 fully saturated rings. The van der Waals surface area contributed by atoms with Crippen molar-refractivity contribution in [3.8, 4) is 0 Å². The van der Waals surface area contributed by atoms with Gasteiger partial charge in [-0.15, -0.1) is 0 Å². The Morgan fingerprint density at radius 1 is 1.44 bits per heavy atom. The number of hydrogen-bond donors (Lipinski definition) is 2. The minimum atomic E-state index is -3.76. The highest BCUT2D eigenvalue weighted by Crippen LogP contribution is 2.21. The Bertz CT molecular complexity index is 836. The van der Waals surface area contributed by atoms with Crippen LogP contribution in [0.4, 0.5) is 0 Å². The fourth-order valence-electron chi connectivity index (χ4n) is 2.75. The first-order valence-electron chi connectivity index (χ1n) is 7.86. The fraction of sp³-hybridized carbons (Fsp3) is 0.400. The topological polar surface area (TPSA) is 109 Å². The van der Waals surface area contributed by atoms with Gasteiger partial charge in [0.05, 0.1) is 18.8 Å². The zero-order valence-electron chi connectivity index (χ0n) is 13.8. The molecule has 1 atom stereocenters. The van der Waals surface area contributed by atoms with Crippen LogP contribution in [0.2, 0.25) is 0 Å². The largest absolute Gasteiger partial charge is 0.332 e. The second kappa shape index (κ2) is 7.30. The number of hydrogen-bond acceptors (Lipinski definition) is 6. The standard InChI is InChI=1S/C15H20N6O3S/c1-20-11-13(8-18-20)25(23,24)19-10-15(22)21-6-5-17-9-14(21)12-3-2-4-16-7-12/h2-4,7-8,11,14,17,19H,5-6,9-10H2,1H3. The van der Waals surface area contributed by atoms with E-state index in [1.165, 1.54) is 17.1 Å². The van der Waals surface area contributed by atoms with Crippen LogP contribution in [-0.2, 0) is 21.9 Å². The van der Waals surface area contributed by atoms with E-state index in [-0.39, 0.29) is 23.4 Å². The van der Waals surface area contributed by atoms with Gasteiger partial charge in [0.25, 0.3) is 0 Å². The van der Waals surface area contributed by atoms with E-state index in [4.69, 9.17) is 0 Å². The van der Waals surface area contributed by atoms with E-state index in [9.17, 15) is 13.2 Å². The number of piperazine rings is 1. The molecule has 0 saturated carbocycles. The van der Waals surface area contributed by atoms with Crippen molar-refractivity contribution in [2.24, 2.45) is 7.05 Å². The molecule has 3 heterocycles. The second-order valence-electron chi connectivity index (χ2n) is 5.77. The third-order valence-electron chi connectivity index (χ3n) is 4.04. The number of rotatable bonds is 5. The van der Waals surface area contributed by atoms with Crippen molar-refractivity contribution in [1.29, 1.82) is 0 Å². The average Bonchev–Trinajstić information content (AvgIpc) is 3.08. The lowest BCUT2D eigenvalue weighted by Gasteiger charge is -2.36. The number of nitrogens with one attached hydrogen (secondary N) is 2. The smallest absolute Gasteiger partial charge is 0.244 e. The molecule has 0 aliphatic carbocycles. The highest BCUT2D eigenvalue weighted by atomic mass is 32.2. The number of carbonyl (C=O) groups is 1. The predicted molar refractivity (Wildman–Crippen MR) is 90.0 cm³/mol. The van der Waals surface area contributed by atoms with Crippen LogP contribution in [0.25, 0.3) is 0 Å². The van der Waals surface area contributed by atoms with Gasteiger partial charge < -0.3 is 10.2 Å². The van der Waals surface area contributed by atoms with Crippen molar-refractivity contribution in [2.75, 3.05) is 26.2 Å². The number of aryl methyl sites for hydroxylation is 1. The number of aromatic nitrogens is 3. The monoisotopic (exact) mass is 364 g/mol. The Kier molecular flexibility index (Phi) is 5.11. The molecule has 2 N–H and O–H groups in total. The van der Waals surface area contributed by atoms with Crippen molar-refractivity contribution in [1.82, 2.24) is 29.7 Å². The molecule has 3 rings (SSSR count). The van der Waals surface area contributed by atoms with Gasteiger partial charge in [-0.05, 0) is 11.6 Å². The van der Waals surface area contributed by atoms with E-state index in [1.807, 2.05) is 12.1 Å². The Morgan fingerprint density at radius 2 is 2.28 bits per heavy atom. The first kappa shape index (κ1) is 17.5. The molecule has 2 aromatic rings. The van der Waals surface area contributed by atoms with E-state index in [2.05, 4.69) is 20.1 Å². The molecule has 10 heteroatoms. The van der Waals surface area contributed by atoms with Crippen LogP contribution in [0, 0.1) is 0 Å². The summed E-state index contributed by atoms with van der Waals surface area (Å²) in [5, 5.41) is 7.09. The molecule has 1 aliphatic rings. The van der Waals surface area contributed by atoms with E-state index >= 15 is 0 Å². The number of sulfonamides is 1. The lowest BCUT2D eigenvalue weighted by Crippen LogP contribution is -2.51. The molecule has 1 aliphatic heterocycles. The Hall–Kier alpha value is -2.30. The summed E-state index contributed by atoms with van der Waals surface area (Å²) in [6.07, 6.45) is 6.03. The van der Waals surface area contributed by atoms with Crippen molar-refractivity contribution >= 4 is 15.9 Å². The van der Waals surface area contributed by atoms with Crippen LogP contribution < -0.4 is 10.0 Å². The van der Waals surface area contributed by atoms with E-state index in [1.54, 1.807) is 24.3 Å². The van der Waals surface area contributed by atoms with Crippen molar-refractivity contribution < 1.29 is 13.2 Å². The number of carbonyl (C=O) groups excluding carboxylic acids is 1. The molecule has 0 radical (unpaired) electrons. The van der Waals surface area contributed by atoms with E-state index in [0.717, 1.165) is 5.56 Å². The first-order chi connectivity index (χ1) is 12.0. The van der Waals surface area contributed by atoms with Gasteiger partial charge in [-0.3, -0.25) is 14.5 Å². The van der Waals surface area contributed by atoms with Crippen LogP contribution >= 0.6 is 0 Å². The molecule has 0 spiro atoms. The normalized spacial score (nSPS) is 18.3. The molecular weight excluding hydrogens is 344 g/mol. The average molecular weight is 364 g/mol. The minimum absolute atomic E-state index is 0.0342. The van der Waals surface area contributed by atoms with Crippen molar-refractivity contribution in [2.45, 2.75) is 10.9 Å². The number of pyridine rings is 1. The van der Waals surface area contributed by atoms with Gasteiger partial charge in [-0.25, -0.2) is 13.1 Å². The first-order valence-corrected chi connectivity index (χ1v) is 9.34. The van der Waals surface area contributed by atoms with Gasteiger partial charge in [0.15, 0.2) is 0 Å². The summed E-state index contributed by atoms with van der Waals surface area (Å²) in [5.74, 6) is -0.275. The van der Waals surface area contributed by atoms with Crippen LogP contribution in [0.1, 0.15) is 11.6 Å². The highest BCUT2D eigenvalue weighted by molar-refractivity contribution is 7.89. The van der Waals surface area contributed by atoms with Crippen LogP contribution in [0.15, 0.2) is 41.8 Å².